The van der Waals surface area contributed by atoms with E-state index in [-0.39, 0.29) is 0 Å². The van der Waals surface area contributed by atoms with E-state index in [4.69, 9.17) is 0 Å². The molecule has 0 aliphatic heterocycles. The van der Waals surface area contributed by atoms with Gasteiger partial charge in [0.2, 0.25) is 0 Å². The molecule has 0 amide bonds. The molecule has 0 radical (unpaired) electrons. The fourth-order valence-corrected chi connectivity index (χ4v) is 3.71. The molecule has 2 fully saturated rings. The van der Waals surface area contributed by atoms with Crippen molar-refractivity contribution in [3.63, 3.8) is 0 Å². The van der Waals surface area contributed by atoms with Gasteiger partial charge in [-0.25, -0.2) is 0 Å². The maximum atomic E-state index is 2.52. The summed E-state index contributed by atoms with van der Waals surface area (Å²) in [6.45, 7) is 9.80. The summed E-state index contributed by atoms with van der Waals surface area (Å²) in [7, 11) is 0. The fourth-order valence-electron chi connectivity index (χ4n) is 3.71. The second kappa shape index (κ2) is 2.27. The van der Waals surface area contributed by atoms with Crippen molar-refractivity contribution >= 4 is 0 Å². The van der Waals surface area contributed by atoms with Crippen LogP contribution < -0.4 is 0 Å². The van der Waals surface area contributed by atoms with Crippen LogP contribution >= 0.6 is 0 Å². The van der Waals surface area contributed by atoms with Crippen LogP contribution in [0.4, 0.5) is 0 Å². The summed E-state index contributed by atoms with van der Waals surface area (Å²) < 4.78 is 0. The van der Waals surface area contributed by atoms with Gasteiger partial charge in [0.05, 0.1) is 0 Å². The highest BCUT2D eigenvalue weighted by Crippen LogP contribution is 2.71. The molecular weight excluding hydrogens is 144 g/mol. The molecular formula is C12H22. The molecule has 0 bridgehead atoms. The van der Waals surface area contributed by atoms with E-state index < -0.39 is 0 Å². The van der Waals surface area contributed by atoms with E-state index in [2.05, 4.69) is 27.7 Å². The third-order valence-electron chi connectivity index (χ3n) is 5.47. The van der Waals surface area contributed by atoms with Gasteiger partial charge >= 0.3 is 0 Å². The molecule has 2 rings (SSSR count). The molecule has 1 spiro atoms. The molecule has 3 unspecified atom stereocenters. The SMILES string of the molecule is CC(C)C1(C)CCC12CCC2C. The lowest BCUT2D eigenvalue weighted by molar-refractivity contribution is -0.194. The molecule has 0 heterocycles. The van der Waals surface area contributed by atoms with Crippen LogP contribution in [0.5, 0.6) is 0 Å². The van der Waals surface area contributed by atoms with E-state index in [1.54, 1.807) is 0 Å². The monoisotopic (exact) mass is 166 g/mol. The molecule has 2 aliphatic carbocycles. The fraction of sp³-hybridized carbons (Fsp3) is 1.00. The number of rotatable bonds is 1. The first-order chi connectivity index (χ1) is 5.53. The summed E-state index contributed by atoms with van der Waals surface area (Å²) in [4.78, 5) is 0. The third-order valence-corrected chi connectivity index (χ3v) is 5.47. The molecule has 2 saturated carbocycles. The van der Waals surface area contributed by atoms with Crippen molar-refractivity contribution < 1.29 is 0 Å². The van der Waals surface area contributed by atoms with E-state index in [0.29, 0.717) is 5.41 Å². The molecule has 0 saturated heterocycles. The zero-order chi connectivity index (χ0) is 8.98. The van der Waals surface area contributed by atoms with Crippen molar-refractivity contribution in [3.05, 3.63) is 0 Å². The van der Waals surface area contributed by atoms with Crippen molar-refractivity contribution in [1.82, 2.24) is 0 Å². The molecule has 0 aromatic heterocycles. The van der Waals surface area contributed by atoms with Crippen LogP contribution in [0.3, 0.4) is 0 Å². The number of hydrogen-bond acceptors (Lipinski definition) is 0. The molecule has 2 aliphatic rings. The van der Waals surface area contributed by atoms with Gasteiger partial charge in [0.25, 0.3) is 0 Å². The highest BCUT2D eigenvalue weighted by molar-refractivity contribution is 5.12. The van der Waals surface area contributed by atoms with Crippen molar-refractivity contribution in [2.45, 2.75) is 53.4 Å². The minimum Gasteiger partial charge on any atom is -0.0622 e. The summed E-state index contributed by atoms with van der Waals surface area (Å²) >= 11 is 0. The second-order valence-corrected chi connectivity index (χ2v) is 5.67. The Balaban J connectivity index is 2.19. The number of hydrogen-bond donors (Lipinski definition) is 0. The topological polar surface area (TPSA) is 0 Å². The van der Waals surface area contributed by atoms with Crippen LogP contribution in [0.1, 0.15) is 53.4 Å². The minimum absolute atomic E-state index is 0.685. The molecule has 0 nitrogen and oxygen atoms in total. The maximum absolute atomic E-state index is 2.52. The maximum Gasteiger partial charge on any atom is -0.0215 e. The van der Waals surface area contributed by atoms with E-state index in [1.165, 1.54) is 25.7 Å². The summed E-state index contributed by atoms with van der Waals surface area (Å²) in [5.41, 5.74) is 1.46. The normalized spacial score (nSPS) is 52.2. The van der Waals surface area contributed by atoms with E-state index >= 15 is 0 Å². The van der Waals surface area contributed by atoms with Gasteiger partial charge in [-0.05, 0) is 48.3 Å². The Morgan fingerprint density at radius 2 is 1.83 bits per heavy atom. The molecule has 70 valence electrons. The lowest BCUT2D eigenvalue weighted by Gasteiger charge is -2.69. The Morgan fingerprint density at radius 1 is 1.17 bits per heavy atom. The standard InChI is InChI=1S/C12H22/c1-9(2)11(4)7-8-12(11)6-5-10(12)3/h9-10H,5-8H2,1-4H3. The quantitative estimate of drug-likeness (QED) is 0.555. The van der Waals surface area contributed by atoms with Gasteiger partial charge in [-0.15, -0.1) is 0 Å². The van der Waals surface area contributed by atoms with Crippen LogP contribution in [0.25, 0.3) is 0 Å². The Labute approximate surface area is 76.7 Å². The smallest absolute Gasteiger partial charge is 0.0215 e. The van der Waals surface area contributed by atoms with Crippen LogP contribution in [0.2, 0.25) is 0 Å². The predicted octanol–water partition coefficient (Wildman–Crippen LogP) is 3.86. The van der Waals surface area contributed by atoms with Gasteiger partial charge in [0, 0.05) is 0 Å². The largest absolute Gasteiger partial charge is 0.0622 e. The molecule has 0 aromatic rings. The highest BCUT2D eigenvalue weighted by atomic mass is 14.7. The summed E-state index contributed by atoms with van der Waals surface area (Å²) in [6, 6.07) is 0. The van der Waals surface area contributed by atoms with Gasteiger partial charge in [0.1, 0.15) is 0 Å². The Hall–Kier alpha value is 0. The third kappa shape index (κ3) is 0.701. The first kappa shape index (κ1) is 8.59. The average molecular weight is 166 g/mol. The Bertz CT molecular complexity index is 178. The summed E-state index contributed by atoms with van der Waals surface area (Å²) in [5.74, 6) is 1.90. The average Bonchev–Trinajstić information content (AvgIpc) is 1.98. The van der Waals surface area contributed by atoms with Crippen LogP contribution in [-0.2, 0) is 0 Å². The van der Waals surface area contributed by atoms with Crippen LogP contribution in [-0.4, -0.2) is 0 Å². The summed E-state index contributed by atoms with van der Waals surface area (Å²) in [5, 5.41) is 0. The Kier molecular flexibility index (Phi) is 1.63. The van der Waals surface area contributed by atoms with Gasteiger partial charge in [-0.2, -0.15) is 0 Å². The zero-order valence-electron chi connectivity index (χ0n) is 8.98. The summed E-state index contributed by atoms with van der Waals surface area (Å²) in [6.07, 6.45) is 6.00. The van der Waals surface area contributed by atoms with Gasteiger partial charge in [-0.3, -0.25) is 0 Å². The highest BCUT2D eigenvalue weighted by Gasteiger charge is 2.62. The van der Waals surface area contributed by atoms with E-state index in [9.17, 15) is 0 Å². The zero-order valence-corrected chi connectivity index (χ0v) is 8.98. The van der Waals surface area contributed by atoms with Gasteiger partial charge in [-0.1, -0.05) is 27.7 Å². The molecule has 0 heteroatoms. The molecule has 0 aromatic carbocycles. The van der Waals surface area contributed by atoms with Gasteiger partial charge < -0.3 is 0 Å². The first-order valence-electron chi connectivity index (χ1n) is 5.53. The van der Waals surface area contributed by atoms with Crippen molar-refractivity contribution in [3.8, 4) is 0 Å². The lowest BCUT2D eigenvalue weighted by atomic mass is 9.36. The van der Waals surface area contributed by atoms with Crippen LogP contribution in [0, 0.1) is 22.7 Å². The van der Waals surface area contributed by atoms with Crippen LogP contribution in [0.15, 0.2) is 0 Å². The van der Waals surface area contributed by atoms with E-state index in [0.717, 1.165) is 17.3 Å². The molecule has 3 atom stereocenters. The molecule has 12 heavy (non-hydrogen) atoms. The first-order valence-corrected chi connectivity index (χ1v) is 5.53. The molecule has 0 N–H and O–H groups in total. The lowest BCUT2D eigenvalue weighted by Crippen LogP contribution is -2.60. The predicted molar refractivity (Wildman–Crippen MR) is 53.0 cm³/mol. The van der Waals surface area contributed by atoms with Gasteiger partial charge in [0.15, 0.2) is 0 Å². The second-order valence-electron chi connectivity index (χ2n) is 5.67. The van der Waals surface area contributed by atoms with Crippen molar-refractivity contribution in [2.75, 3.05) is 0 Å². The Morgan fingerprint density at radius 3 is 1.92 bits per heavy atom. The van der Waals surface area contributed by atoms with Crippen molar-refractivity contribution in [2.24, 2.45) is 22.7 Å². The minimum atomic E-state index is 0.685. The van der Waals surface area contributed by atoms with E-state index in [1.807, 2.05) is 0 Å². The van der Waals surface area contributed by atoms with Crippen molar-refractivity contribution in [1.29, 1.82) is 0 Å².